The highest BCUT2D eigenvalue weighted by Crippen LogP contribution is 2.08. The minimum Gasteiger partial charge on any atom is -0.313 e. The van der Waals surface area contributed by atoms with Gasteiger partial charge in [0.1, 0.15) is 0 Å². The summed E-state index contributed by atoms with van der Waals surface area (Å²) in [4.78, 5) is 2.42. The monoisotopic (exact) mass is 170 g/mol. The average Bonchev–Trinajstić information content (AvgIpc) is 2.06. The molecule has 1 atom stereocenters. The van der Waals surface area contributed by atoms with E-state index in [0.717, 1.165) is 6.04 Å². The van der Waals surface area contributed by atoms with Gasteiger partial charge in [-0.15, -0.1) is 0 Å². The SMILES string of the molecule is CC(C)N(C)C[C@@H]1CCCCN1. The summed E-state index contributed by atoms with van der Waals surface area (Å²) in [6.45, 7) is 6.93. The molecular formula is C10H22N2. The third-order valence-corrected chi connectivity index (χ3v) is 2.80. The van der Waals surface area contributed by atoms with Crippen molar-refractivity contribution in [2.24, 2.45) is 0 Å². The lowest BCUT2D eigenvalue weighted by Gasteiger charge is -2.30. The molecule has 0 amide bonds. The summed E-state index contributed by atoms with van der Waals surface area (Å²) in [7, 11) is 2.21. The number of piperidine rings is 1. The zero-order valence-electron chi connectivity index (χ0n) is 8.64. The van der Waals surface area contributed by atoms with E-state index >= 15 is 0 Å². The van der Waals surface area contributed by atoms with Gasteiger partial charge in [-0.05, 0) is 40.3 Å². The van der Waals surface area contributed by atoms with Crippen LogP contribution in [0.1, 0.15) is 33.1 Å². The van der Waals surface area contributed by atoms with Crippen molar-refractivity contribution >= 4 is 0 Å². The maximum Gasteiger partial charge on any atom is 0.0195 e. The van der Waals surface area contributed by atoms with Gasteiger partial charge in [-0.25, -0.2) is 0 Å². The highest BCUT2D eigenvalue weighted by atomic mass is 15.1. The van der Waals surface area contributed by atoms with Crippen LogP contribution in [0.15, 0.2) is 0 Å². The standard InChI is InChI=1S/C10H22N2/c1-9(2)12(3)8-10-6-4-5-7-11-10/h9-11H,4-8H2,1-3H3/t10-/m0/s1. The summed E-state index contributed by atoms with van der Waals surface area (Å²) >= 11 is 0. The topological polar surface area (TPSA) is 15.3 Å². The summed E-state index contributed by atoms with van der Waals surface area (Å²) in [5.41, 5.74) is 0. The fraction of sp³-hybridized carbons (Fsp3) is 1.00. The Morgan fingerprint density at radius 2 is 2.17 bits per heavy atom. The van der Waals surface area contributed by atoms with Crippen LogP contribution in [-0.4, -0.2) is 37.1 Å². The lowest BCUT2D eigenvalue weighted by Crippen LogP contribution is -2.44. The molecule has 0 radical (unpaired) electrons. The van der Waals surface area contributed by atoms with Gasteiger partial charge < -0.3 is 10.2 Å². The first-order valence-corrected chi connectivity index (χ1v) is 5.14. The third-order valence-electron chi connectivity index (χ3n) is 2.80. The molecule has 1 heterocycles. The number of rotatable bonds is 3. The number of likely N-dealkylation sites (N-methyl/N-ethyl adjacent to an activating group) is 1. The molecule has 1 aliphatic rings. The Morgan fingerprint density at radius 1 is 1.42 bits per heavy atom. The zero-order valence-corrected chi connectivity index (χ0v) is 8.64. The second kappa shape index (κ2) is 4.83. The summed E-state index contributed by atoms with van der Waals surface area (Å²) < 4.78 is 0. The second-order valence-electron chi connectivity index (χ2n) is 4.18. The van der Waals surface area contributed by atoms with E-state index in [0.29, 0.717) is 6.04 Å². The molecule has 1 aliphatic heterocycles. The van der Waals surface area contributed by atoms with Gasteiger partial charge in [0.05, 0.1) is 0 Å². The van der Waals surface area contributed by atoms with Gasteiger partial charge >= 0.3 is 0 Å². The highest BCUT2D eigenvalue weighted by molar-refractivity contribution is 4.75. The van der Waals surface area contributed by atoms with Crippen LogP contribution in [0.4, 0.5) is 0 Å². The van der Waals surface area contributed by atoms with Crippen molar-refractivity contribution in [2.45, 2.75) is 45.2 Å². The number of hydrogen-bond donors (Lipinski definition) is 1. The molecule has 1 N–H and O–H groups in total. The zero-order chi connectivity index (χ0) is 8.97. The Balaban J connectivity index is 2.20. The van der Waals surface area contributed by atoms with Crippen molar-refractivity contribution in [2.75, 3.05) is 20.1 Å². The fourth-order valence-corrected chi connectivity index (χ4v) is 1.64. The highest BCUT2D eigenvalue weighted by Gasteiger charge is 2.15. The van der Waals surface area contributed by atoms with E-state index in [1.165, 1.54) is 32.4 Å². The van der Waals surface area contributed by atoms with Gasteiger partial charge in [0.2, 0.25) is 0 Å². The van der Waals surface area contributed by atoms with Crippen LogP contribution in [0.25, 0.3) is 0 Å². The Bertz CT molecular complexity index is 117. The Labute approximate surface area is 76.3 Å². The van der Waals surface area contributed by atoms with Crippen molar-refractivity contribution in [1.29, 1.82) is 0 Å². The van der Waals surface area contributed by atoms with Crippen molar-refractivity contribution in [3.63, 3.8) is 0 Å². The molecule has 0 aliphatic carbocycles. The molecule has 72 valence electrons. The van der Waals surface area contributed by atoms with Gasteiger partial charge in [-0.2, -0.15) is 0 Å². The summed E-state index contributed by atoms with van der Waals surface area (Å²) in [6.07, 6.45) is 4.13. The second-order valence-corrected chi connectivity index (χ2v) is 4.18. The molecule has 0 aromatic carbocycles. The van der Waals surface area contributed by atoms with Crippen LogP contribution in [0.5, 0.6) is 0 Å². The van der Waals surface area contributed by atoms with E-state index in [2.05, 4.69) is 31.1 Å². The van der Waals surface area contributed by atoms with Gasteiger partial charge in [0, 0.05) is 18.6 Å². The number of nitrogens with one attached hydrogen (secondary N) is 1. The summed E-state index contributed by atoms with van der Waals surface area (Å²) in [5, 5.41) is 3.56. The van der Waals surface area contributed by atoms with E-state index in [-0.39, 0.29) is 0 Å². The van der Waals surface area contributed by atoms with E-state index < -0.39 is 0 Å². The Hall–Kier alpha value is -0.0800. The molecule has 1 rings (SSSR count). The van der Waals surface area contributed by atoms with E-state index in [9.17, 15) is 0 Å². The minimum atomic E-state index is 0.675. The quantitative estimate of drug-likeness (QED) is 0.690. The van der Waals surface area contributed by atoms with Gasteiger partial charge in [-0.1, -0.05) is 6.42 Å². The molecule has 0 spiro atoms. The van der Waals surface area contributed by atoms with Crippen molar-refractivity contribution in [3.8, 4) is 0 Å². The van der Waals surface area contributed by atoms with Crippen LogP contribution >= 0.6 is 0 Å². The number of nitrogens with zero attached hydrogens (tertiary/aromatic N) is 1. The minimum absolute atomic E-state index is 0.675. The van der Waals surface area contributed by atoms with Crippen molar-refractivity contribution < 1.29 is 0 Å². The van der Waals surface area contributed by atoms with Crippen LogP contribution in [0.2, 0.25) is 0 Å². The molecule has 0 aromatic rings. The van der Waals surface area contributed by atoms with Crippen LogP contribution in [0, 0.1) is 0 Å². The van der Waals surface area contributed by atoms with E-state index in [1.54, 1.807) is 0 Å². The van der Waals surface area contributed by atoms with Gasteiger partial charge in [0.15, 0.2) is 0 Å². The lowest BCUT2D eigenvalue weighted by atomic mass is 10.0. The summed E-state index contributed by atoms with van der Waals surface area (Å²) in [6, 6.07) is 1.42. The van der Waals surface area contributed by atoms with Gasteiger partial charge in [0.25, 0.3) is 0 Å². The molecule has 1 fully saturated rings. The van der Waals surface area contributed by atoms with Crippen LogP contribution in [-0.2, 0) is 0 Å². The molecule has 0 aromatic heterocycles. The molecular weight excluding hydrogens is 148 g/mol. The first-order chi connectivity index (χ1) is 5.70. The molecule has 0 bridgehead atoms. The fourth-order valence-electron chi connectivity index (χ4n) is 1.64. The predicted octanol–water partition coefficient (Wildman–Crippen LogP) is 1.47. The molecule has 12 heavy (non-hydrogen) atoms. The van der Waals surface area contributed by atoms with Crippen LogP contribution in [0.3, 0.4) is 0 Å². The smallest absolute Gasteiger partial charge is 0.0195 e. The largest absolute Gasteiger partial charge is 0.313 e. The molecule has 2 heteroatoms. The maximum atomic E-state index is 3.56. The molecule has 2 nitrogen and oxygen atoms in total. The van der Waals surface area contributed by atoms with Crippen molar-refractivity contribution in [1.82, 2.24) is 10.2 Å². The Morgan fingerprint density at radius 3 is 2.67 bits per heavy atom. The van der Waals surface area contributed by atoms with Crippen LogP contribution < -0.4 is 5.32 Å². The maximum absolute atomic E-state index is 3.56. The Kier molecular flexibility index (Phi) is 4.02. The molecule has 0 saturated carbocycles. The predicted molar refractivity (Wildman–Crippen MR) is 53.4 cm³/mol. The first-order valence-electron chi connectivity index (χ1n) is 5.14. The molecule has 1 saturated heterocycles. The van der Waals surface area contributed by atoms with Crippen molar-refractivity contribution in [3.05, 3.63) is 0 Å². The lowest BCUT2D eigenvalue weighted by molar-refractivity contribution is 0.224. The molecule has 0 unspecified atom stereocenters. The summed E-state index contributed by atoms with van der Waals surface area (Å²) in [5.74, 6) is 0. The van der Waals surface area contributed by atoms with E-state index in [1.807, 2.05) is 0 Å². The van der Waals surface area contributed by atoms with Gasteiger partial charge in [-0.3, -0.25) is 0 Å². The average molecular weight is 170 g/mol. The van der Waals surface area contributed by atoms with E-state index in [4.69, 9.17) is 0 Å². The first kappa shape index (κ1) is 10.0. The third kappa shape index (κ3) is 3.11. The number of hydrogen-bond acceptors (Lipinski definition) is 2. The normalized spacial score (nSPS) is 25.2.